The molecule has 0 aliphatic heterocycles. The molecule has 162 valence electrons. The van der Waals surface area contributed by atoms with Gasteiger partial charge in [-0.3, -0.25) is 9.59 Å². The number of amides is 2. The summed E-state index contributed by atoms with van der Waals surface area (Å²) < 4.78 is 28.3. The lowest BCUT2D eigenvalue weighted by molar-refractivity contribution is 0.0947. The average molecular weight is 457 g/mol. The molecule has 0 bridgehead atoms. The fraction of sp³-hybridized carbons (Fsp3) is 0.0455. The van der Waals surface area contributed by atoms with Crippen LogP contribution in [-0.4, -0.2) is 26.3 Å². The zero-order chi connectivity index (χ0) is 22.8. The maximum atomic E-state index is 13.3. The molecule has 4 rings (SSSR count). The lowest BCUT2D eigenvalue weighted by Gasteiger charge is -2.09. The minimum Gasteiger partial charge on any atom is -0.507 e. The molecule has 2 aromatic carbocycles. The highest BCUT2D eigenvalue weighted by Gasteiger charge is 2.15. The molecule has 3 N–H and O–H groups in total. The van der Waals surface area contributed by atoms with E-state index in [1.807, 2.05) is 0 Å². The number of hydrogen-bond donors (Lipinski definition) is 3. The Morgan fingerprint density at radius 2 is 1.75 bits per heavy atom. The zero-order valence-corrected chi connectivity index (χ0v) is 17.0. The van der Waals surface area contributed by atoms with Crippen LogP contribution in [0.4, 0.5) is 14.5 Å². The van der Waals surface area contributed by atoms with Crippen molar-refractivity contribution < 1.29 is 23.5 Å². The van der Waals surface area contributed by atoms with E-state index in [4.69, 9.17) is 11.6 Å². The summed E-state index contributed by atoms with van der Waals surface area (Å²) in [6, 6.07) is 9.72. The largest absolute Gasteiger partial charge is 0.507 e. The van der Waals surface area contributed by atoms with Crippen molar-refractivity contribution in [2.45, 2.75) is 6.54 Å². The third-order valence-electron chi connectivity index (χ3n) is 4.52. The van der Waals surface area contributed by atoms with Crippen LogP contribution in [0.5, 0.6) is 5.75 Å². The van der Waals surface area contributed by atoms with Crippen LogP contribution in [0.3, 0.4) is 0 Å². The third-order valence-corrected chi connectivity index (χ3v) is 4.74. The Labute approximate surface area is 185 Å². The third kappa shape index (κ3) is 4.68. The molecule has 0 fully saturated rings. The highest BCUT2D eigenvalue weighted by Crippen LogP contribution is 2.23. The molecule has 2 amide bonds. The van der Waals surface area contributed by atoms with Gasteiger partial charge < -0.3 is 20.1 Å². The van der Waals surface area contributed by atoms with Crippen LogP contribution in [0.15, 0.2) is 60.9 Å². The molecule has 10 heteroatoms. The highest BCUT2D eigenvalue weighted by molar-refractivity contribution is 6.30. The van der Waals surface area contributed by atoms with Crippen molar-refractivity contribution in [2.75, 3.05) is 5.32 Å². The molecule has 0 saturated carbocycles. The summed E-state index contributed by atoms with van der Waals surface area (Å²) in [5, 5.41) is 15.8. The first-order valence-electron chi connectivity index (χ1n) is 9.30. The molecule has 0 aliphatic rings. The van der Waals surface area contributed by atoms with Crippen molar-refractivity contribution in [3.63, 3.8) is 0 Å². The van der Waals surface area contributed by atoms with E-state index in [9.17, 15) is 23.5 Å². The second-order valence-corrected chi connectivity index (χ2v) is 7.31. The summed E-state index contributed by atoms with van der Waals surface area (Å²) >= 11 is 5.94. The second kappa shape index (κ2) is 8.64. The smallest absolute Gasteiger partial charge is 0.255 e. The number of phenolic OH excluding ortho intramolecular Hbond substituents is 1. The van der Waals surface area contributed by atoms with E-state index in [0.29, 0.717) is 22.4 Å². The summed E-state index contributed by atoms with van der Waals surface area (Å²) in [6.07, 6.45) is 3.40. The van der Waals surface area contributed by atoms with Gasteiger partial charge >= 0.3 is 0 Å². The highest BCUT2D eigenvalue weighted by atomic mass is 35.5. The number of aromatic hydroxyl groups is 1. The molecule has 0 aliphatic carbocycles. The molecule has 4 aromatic rings. The SMILES string of the molecule is O=C(Nc1ccc(C(=O)NCc2cn3cc(Cl)ccc3n2)c(O)c1)c1cc(F)cc(F)c1. The Morgan fingerprint density at radius 3 is 2.47 bits per heavy atom. The number of nitrogens with zero attached hydrogens (tertiary/aromatic N) is 2. The average Bonchev–Trinajstić information content (AvgIpc) is 3.13. The summed E-state index contributed by atoms with van der Waals surface area (Å²) in [4.78, 5) is 29.0. The molecular weight excluding hydrogens is 442 g/mol. The zero-order valence-electron chi connectivity index (χ0n) is 16.3. The van der Waals surface area contributed by atoms with Crippen LogP contribution in [0.1, 0.15) is 26.4 Å². The number of aromatic nitrogens is 2. The van der Waals surface area contributed by atoms with Gasteiger partial charge in [-0.25, -0.2) is 13.8 Å². The molecule has 0 radical (unpaired) electrons. The van der Waals surface area contributed by atoms with Crippen molar-refractivity contribution in [3.8, 4) is 5.75 Å². The quantitative estimate of drug-likeness (QED) is 0.420. The van der Waals surface area contributed by atoms with Gasteiger partial charge in [-0.2, -0.15) is 0 Å². The molecule has 2 heterocycles. The number of imidazole rings is 1. The van der Waals surface area contributed by atoms with E-state index in [2.05, 4.69) is 15.6 Å². The van der Waals surface area contributed by atoms with Crippen molar-refractivity contribution in [3.05, 3.63) is 94.4 Å². The van der Waals surface area contributed by atoms with E-state index in [0.717, 1.165) is 18.2 Å². The lowest BCUT2D eigenvalue weighted by Crippen LogP contribution is -2.23. The number of hydrogen-bond acceptors (Lipinski definition) is 4. The summed E-state index contributed by atoms with van der Waals surface area (Å²) in [5.74, 6) is -3.49. The molecule has 32 heavy (non-hydrogen) atoms. The number of phenols is 1. The monoisotopic (exact) mass is 456 g/mol. The maximum absolute atomic E-state index is 13.3. The number of benzene rings is 2. The Hall–Kier alpha value is -3.98. The van der Waals surface area contributed by atoms with Gasteiger partial charge in [0.2, 0.25) is 0 Å². The number of pyridine rings is 1. The molecule has 2 aromatic heterocycles. The first-order valence-corrected chi connectivity index (χ1v) is 9.68. The number of nitrogens with one attached hydrogen (secondary N) is 2. The van der Waals surface area contributed by atoms with Crippen molar-refractivity contribution in [1.82, 2.24) is 14.7 Å². The molecule has 0 unspecified atom stereocenters. The molecule has 7 nitrogen and oxygen atoms in total. The molecule has 0 spiro atoms. The Kier molecular flexibility index (Phi) is 5.74. The molecule has 0 saturated heterocycles. The van der Waals surface area contributed by atoms with Gasteiger partial charge in [-0.15, -0.1) is 0 Å². The van der Waals surface area contributed by atoms with Crippen LogP contribution in [0.2, 0.25) is 5.02 Å². The van der Waals surface area contributed by atoms with Gasteiger partial charge in [0, 0.05) is 35.8 Å². The van der Waals surface area contributed by atoms with Crippen molar-refractivity contribution in [1.29, 1.82) is 0 Å². The molecular formula is C22H15ClF2N4O3. The topological polar surface area (TPSA) is 95.7 Å². The first-order chi connectivity index (χ1) is 15.3. The van der Waals surface area contributed by atoms with Crippen molar-refractivity contribution >= 4 is 34.7 Å². The lowest BCUT2D eigenvalue weighted by atomic mass is 10.1. The predicted molar refractivity (Wildman–Crippen MR) is 114 cm³/mol. The standard InChI is InChI=1S/C22H15ClF2N4O3/c23-13-1-4-20-27-17(11-29(20)10-13)9-26-22(32)18-3-2-16(8-19(18)30)28-21(31)12-5-14(24)7-15(25)6-12/h1-8,10-11,30H,9H2,(H,26,32)(H,28,31). The van der Waals surface area contributed by atoms with Gasteiger partial charge in [0.25, 0.3) is 11.8 Å². The minimum atomic E-state index is -0.890. The van der Waals surface area contributed by atoms with E-state index in [1.54, 1.807) is 28.9 Å². The van der Waals surface area contributed by atoms with E-state index >= 15 is 0 Å². The van der Waals surface area contributed by atoms with Gasteiger partial charge in [-0.05, 0) is 36.4 Å². The number of carbonyl (C=O) groups is 2. The fourth-order valence-corrected chi connectivity index (χ4v) is 3.23. The number of fused-ring (bicyclic) bond motifs is 1. The number of anilines is 1. The maximum Gasteiger partial charge on any atom is 0.255 e. The van der Waals surface area contributed by atoms with Gasteiger partial charge in [0.05, 0.1) is 22.8 Å². The minimum absolute atomic E-state index is 0.0217. The van der Waals surface area contributed by atoms with Crippen molar-refractivity contribution in [2.24, 2.45) is 0 Å². The second-order valence-electron chi connectivity index (χ2n) is 6.87. The van der Waals surface area contributed by atoms with Gasteiger partial charge in [0.1, 0.15) is 23.0 Å². The van der Waals surface area contributed by atoms with Gasteiger partial charge in [-0.1, -0.05) is 11.6 Å². The van der Waals surface area contributed by atoms with Crippen LogP contribution in [-0.2, 0) is 6.54 Å². The first kappa shape index (κ1) is 21.3. The van der Waals surface area contributed by atoms with Crippen LogP contribution in [0, 0.1) is 11.6 Å². The number of rotatable bonds is 5. The van der Waals surface area contributed by atoms with E-state index < -0.39 is 23.4 Å². The van der Waals surface area contributed by atoms with Gasteiger partial charge in [0.15, 0.2) is 0 Å². The number of halogens is 3. The van der Waals surface area contributed by atoms with E-state index in [1.165, 1.54) is 12.1 Å². The normalized spacial score (nSPS) is 10.8. The fourth-order valence-electron chi connectivity index (χ4n) is 3.06. The van der Waals surface area contributed by atoms with Crippen LogP contribution in [0.25, 0.3) is 5.65 Å². The molecule has 0 atom stereocenters. The predicted octanol–water partition coefficient (Wildman–Crippen LogP) is 4.15. The summed E-state index contributed by atoms with van der Waals surface area (Å²) in [6.45, 7) is 0.112. The Balaban J connectivity index is 1.42. The van der Waals surface area contributed by atoms with Crippen LogP contribution < -0.4 is 10.6 Å². The Morgan fingerprint density at radius 1 is 1.00 bits per heavy atom. The summed E-state index contributed by atoms with van der Waals surface area (Å²) in [5.41, 5.74) is 1.15. The van der Waals surface area contributed by atoms with Crippen LogP contribution >= 0.6 is 11.6 Å². The number of carbonyl (C=O) groups excluding carboxylic acids is 2. The van der Waals surface area contributed by atoms with E-state index in [-0.39, 0.29) is 29.1 Å². The summed E-state index contributed by atoms with van der Waals surface area (Å²) in [7, 11) is 0. The Bertz CT molecular complexity index is 1340.